The van der Waals surface area contributed by atoms with Gasteiger partial charge in [0.15, 0.2) is 5.78 Å². The highest BCUT2D eigenvalue weighted by Gasteiger charge is 2.27. The first-order valence-corrected chi connectivity index (χ1v) is 8.86. The van der Waals surface area contributed by atoms with Crippen LogP contribution in [0.5, 0.6) is 0 Å². The summed E-state index contributed by atoms with van der Waals surface area (Å²) in [5.74, 6) is -1.29. The lowest BCUT2D eigenvalue weighted by Gasteiger charge is -2.20. The summed E-state index contributed by atoms with van der Waals surface area (Å²) in [4.78, 5) is 28.9. The summed E-state index contributed by atoms with van der Waals surface area (Å²) >= 11 is 6.39. The Morgan fingerprint density at radius 1 is 1.30 bits per heavy atom. The maximum atomic E-state index is 13.3. The predicted molar refractivity (Wildman–Crippen MR) is 104 cm³/mol. The standard InChI is InChI=1S/C19H24ClFN4O2/c1-10-7-12(8-22-17(10)21)24-18(27)14-11(2)25(6)16(15(14)20)13(26)9-23-19(3,4)5/h7-8,23H,9H2,1-6H3,(H,24,27). The van der Waals surface area contributed by atoms with Gasteiger partial charge in [0.2, 0.25) is 5.95 Å². The normalized spacial score (nSPS) is 11.6. The summed E-state index contributed by atoms with van der Waals surface area (Å²) in [6.45, 7) is 9.23. The van der Waals surface area contributed by atoms with E-state index in [1.54, 1.807) is 25.5 Å². The molecule has 1 amide bonds. The van der Waals surface area contributed by atoms with Crippen LogP contribution in [0.15, 0.2) is 12.3 Å². The Bertz CT molecular complexity index is 900. The maximum Gasteiger partial charge on any atom is 0.259 e. The van der Waals surface area contributed by atoms with Crippen molar-refractivity contribution in [3.63, 3.8) is 0 Å². The van der Waals surface area contributed by atoms with Crippen molar-refractivity contribution >= 4 is 29.0 Å². The van der Waals surface area contributed by atoms with Gasteiger partial charge in [-0.05, 0) is 40.7 Å². The molecule has 0 saturated carbocycles. The second-order valence-electron chi connectivity index (χ2n) is 7.49. The Balaban J connectivity index is 2.31. The number of anilines is 1. The molecule has 2 aromatic heterocycles. The highest BCUT2D eigenvalue weighted by atomic mass is 35.5. The number of aromatic nitrogens is 2. The number of pyridine rings is 1. The summed E-state index contributed by atoms with van der Waals surface area (Å²) < 4.78 is 14.9. The Morgan fingerprint density at radius 3 is 2.48 bits per heavy atom. The van der Waals surface area contributed by atoms with Crippen LogP contribution in [0.3, 0.4) is 0 Å². The molecule has 0 radical (unpaired) electrons. The van der Waals surface area contributed by atoms with E-state index >= 15 is 0 Å². The third-order valence-electron chi connectivity index (χ3n) is 4.17. The average molecular weight is 395 g/mol. The topological polar surface area (TPSA) is 76.0 Å². The number of Topliss-reactive ketones (excluding diaryl/α,β-unsaturated/α-hetero) is 1. The highest BCUT2D eigenvalue weighted by molar-refractivity contribution is 6.37. The molecule has 0 saturated heterocycles. The van der Waals surface area contributed by atoms with Crippen molar-refractivity contribution in [1.82, 2.24) is 14.9 Å². The molecule has 2 heterocycles. The Kier molecular flexibility index (Phi) is 6.07. The van der Waals surface area contributed by atoms with E-state index in [0.717, 1.165) is 0 Å². The fourth-order valence-corrected chi connectivity index (χ4v) is 3.04. The van der Waals surface area contributed by atoms with Crippen molar-refractivity contribution in [1.29, 1.82) is 0 Å². The third-order valence-corrected chi connectivity index (χ3v) is 4.54. The zero-order chi connectivity index (χ0) is 20.5. The van der Waals surface area contributed by atoms with Crippen LogP contribution >= 0.6 is 11.6 Å². The number of nitrogens with one attached hydrogen (secondary N) is 2. The molecule has 0 bridgehead atoms. The van der Waals surface area contributed by atoms with E-state index < -0.39 is 11.9 Å². The Hall–Kier alpha value is -2.25. The molecule has 8 heteroatoms. The van der Waals surface area contributed by atoms with E-state index in [2.05, 4.69) is 15.6 Å². The van der Waals surface area contributed by atoms with Gasteiger partial charge in [0.25, 0.3) is 5.91 Å². The summed E-state index contributed by atoms with van der Waals surface area (Å²) in [7, 11) is 1.69. The lowest BCUT2D eigenvalue weighted by atomic mass is 10.1. The number of aryl methyl sites for hydroxylation is 1. The number of hydrogen-bond donors (Lipinski definition) is 2. The van der Waals surface area contributed by atoms with Crippen LogP contribution in [0.1, 0.15) is 52.9 Å². The molecule has 0 aliphatic rings. The molecule has 0 aliphatic heterocycles. The third kappa shape index (κ3) is 4.73. The van der Waals surface area contributed by atoms with Crippen molar-refractivity contribution in [2.45, 2.75) is 40.2 Å². The van der Waals surface area contributed by atoms with Gasteiger partial charge in [0.1, 0.15) is 5.69 Å². The van der Waals surface area contributed by atoms with Gasteiger partial charge in [-0.25, -0.2) is 4.98 Å². The van der Waals surface area contributed by atoms with Gasteiger partial charge in [0.05, 0.1) is 29.0 Å². The van der Waals surface area contributed by atoms with Gasteiger partial charge in [-0.15, -0.1) is 0 Å². The van der Waals surface area contributed by atoms with Crippen LogP contribution in [0.25, 0.3) is 0 Å². The summed E-state index contributed by atoms with van der Waals surface area (Å²) in [5.41, 5.74) is 1.47. The number of amides is 1. The van der Waals surface area contributed by atoms with Crippen LogP contribution < -0.4 is 10.6 Å². The predicted octanol–water partition coefficient (Wildman–Crippen LogP) is 3.65. The highest BCUT2D eigenvalue weighted by Crippen LogP contribution is 2.28. The summed E-state index contributed by atoms with van der Waals surface area (Å²) in [5, 5.41) is 5.87. The smallest absolute Gasteiger partial charge is 0.259 e. The van der Waals surface area contributed by atoms with Crippen LogP contribution in [0.2, 0.25) is 5.02 Å². The quantitative estimate of drug-likeness (QED) is 0.599. The van der Waals surface area contributed by atoms with Crippen molar-refractivity contribution in [2.24, 2.45) is 7.05 Å². The summed E-state index contributed by atoms with van der Waals surface area (Å²) in [6, 6.07) is 1.48. The second kappa shape index (κ2) is 7.78. The second-order valence-corrected chi connectivity index (χ2v) is 7.87. The number of carbonyl (C=O) groups is 2. The first-order valence-electron chi connectivity index (χ1n) is 8.49. The molecule has 6 nitrogen and oxygen atoms in total. The van der Waals surface area contributed by atoms with E-state index in [0.29, 0.717) is 16.9 Å². The van der Waals surface area contributed by atoms with Gasteiger partial charge in [0, 0.05) is 23.8 Å². The first kappa shape index (κ1) is 21.1. The van der Waals surface area contributed by atoms with E-state index in [1.807, 2.05) is 20.8 Å². The molecule has 0 aromatic carbocycles. The van der Waals surface area contributed by atoms with Crippen LogP contribution in [0, 0.1) is 19.8 Å². The summed E-state index contributed by atoms with van der Waals surface area (Å²) in [6.07, 6.45) is 1.23. The van der Waals surface area contributed by atoms with E-state index in [-0.39, 0.29) is 34.1 Å². The minimum Gasteiger partial charge on any atom is -0.343 e. The van der Waals surface area contributed by atoms with Crippen LogP contribution in [-0.2, 0) is 7.05 Å². The zero-order valence-corrected chi connectivity index (χ0v) is 17.1. The van der Waals surface area contributed by atoms with Crippen molar-refractivity contribution in [3.05, 3.63) is 45.7 Å². The maximum absolute atomic E-state index is 13.3. The minimum absolute atomic E-state index is 0.0972. The van der Waals surface area contributed by atoms with E-state index in [4.69, 9.17) is 11.6 Å². The van der Waals surface area contributed by atoms with Gasteiger partial charge >= 0.3 is 0 Å². The lowest BCUT2D eigenvalue weighted by Crippen LogP contribution is -2.39. The van der Waals surface area contributed by atoms with Gasteiger partial charge in [-0.3, -0.25) is 9.59 Å². The Morgan fingerprint density at radius 2 is 1.93 bits per heavy atom. The van der Waals surface area contributed by atoms with Crippen molar-refractivity contribution in [3.8, 4) is 0 Å². The SMILES string of the molecule is Cc1cc(NC(=O)c2c(Cl)c(C(=O)CNC(C)(C)C)n(C)c2C)cnc1F. The van der Waals surface area contributed by atoms with Gasteiger partial charge < -0.3 is 15.2 Å². The molecule has 0 aliphatic carbocycles. The Labute approximate surface area is 163 Å². The molecule has 0 unspecified atom stereocenters. The largest absolute Gasteiger partial charge is 0.343 e. The van der Waals surface area contributed by atoms with Crippen LogP contribution in [-0.4, -0.2) is 33.3 Å². The molecule has 27 heavy (non-hydrogen) atoms. The number of halogens is 2. The van der Waals surface area contributed by atoms with E-state index in [1.165, 1.54) is 12.3 Å². The number of hydrogen-bond acceptors (Lipinski definition) is 4. The van der Waals surface area contributed by atoms with Crippen molar-refractivity contribution in [2.75, 3.05) is 11.9 Å². The zero-order valence-electron chi connectivity index (χ0n) is 16.3. The van der Waals surface area contributed by atoms with Crippen molar-refractivity contribution < 1.29 is 14.0 Å². The number of nitrogens with zero attached hydrogens (tertiary/aromatic N) is 2. The van der Waals surface area contributed by atoms with E-state index in [9.17, 15) is 14.0 Å². The monoisotopic (exact) mass is 394 g/mol. The molecular weight excluding hydrogens is 371 g/mol. The fraction of sp³-hybridized carbons (Fsp3) is 0.421. The molecule has 0 spiro atoms. The number of rotatable bonds is 5. The molecule has 2 aromatic rings. The molecule has 2 N–H and O–H groups in total. The lowest BCUT2D eigenvalue weighted by molar-refractivity contribution is 0.0973. The molecule has 146 valence electrons. The number of carbonyl (C=O) groups excluding carboxylic acids is 2. The molecule has 0 fully saturated rings. The van der Waals surface area contributed by atoms with Gasteiger partial charge in [-0.2, -0.15) is 4.39 Å². The number of ketones is 1. The van der Waals surface area contributed by atoms with Gasteiger partial charge in [-0.1, -0.05) is 11.6 Å². The average Bonchev–Trinajstić information content (AvgIpc) is 2.77. The molecule has 2 rings (SSSR count). The fourth-order valence-electron chi connectivity index (χ4n) is 2.58. The molecular formula is C19H24ClFN4O2. The molecule has 0 atom stereocenters. The van der Waals surface area contributed by atoms with Crippen LogP contribution in [0.4, 0.5) is 10.1 Å². The first-order chi connectivity index (χ1) is 12.4. The minimum atomic E-state index is -0.596.